The van der Waals surface area contributed by atoms with E-state index in [2.05, 4.69) is 5.32 Å². The maximum atomic E-state index is 13.5. The van der Waals surface area contributed by atoms with Crippen LogP contribution < -0.4 is 5.32 Å². The van der Waals surface area contributed by atoms with Crippen LogP contribution in [-0.4, -0.2) is 35.1 Å². The van der Waals surface area contributed by atoms with Gasteiger partial charge in [0.25, 0.3) is 0 Å². The summed E-state index contributed by atoms with van der Waals surface area (Å²) in [6.45, 7) is 2.74. The maximum absolute atomic E-state index is 13.5. The molecule has 0 fully saturated rings. The molecule has 178 valence electrons. The summed E-state index contributed by atoms with van der Waals surface area (Å²) in [5, 5.41) is 4.07. The smallest absolute Gasteiger partial charge is 0.243 e. The van der Waals surface area contributed by atoms with Gasteiger partial charge in [0.15, 0.2) is 0 Å². The Morgan fingerprint density at radius 1 is 0.941 bits per heavy atom. The average Bonchev–Trinajstić information content (AvgIpc) is 2.84. The third-order valence-electron chi connectivity index (χ3n) is 5.32. The SMILES string of the molecule is CCNC(=O)[C@@H](Cc1ccccc1)N(Cc1ccccc1)C(=O)CSCc1ccc(Cl)cc1Cl. The molecule has 0 aliphatic rings. The van der Waals surface area contributed by atoms with Crippen LogP contribution in [-0.2, 0) is 28.3 Å². The van der Waals surface area contributed by atoms with E-state index in [0.29, 0.717) is 35.3 Å². The number of amides is 2. The van der Waals surface area contributed by atoms with Crippen LogP contribution in [0.1, 0.15) is 23.6 Å². The first-order chi connectivity index (χ1) is 16.5. The van der Waals surface area contributed by atoms with E-state index in [1.807, 2.05) is 73.7 Å². The van der Waals surface area contributed by atoms with E-state index in [9.17, 15) is 9.59 Å². The van der Waals surface area contributed by atoms with Gasteiger partial charge in [0.05, 0.1) is 5.75 Å². The molecular formula is C27H28Cl2N2O2S. The molecule has 0 radical (unpaired) electrons. The number of hydrogen-bond acceptors (Lipinski definition) is 3. The summed E-state index contributed by atoms with van der Waals surface area (Å²) in [5.41, 5.74) is 2.90. The van der Waals surface area contributed by atoms with E-state index in [4.69, 9.17) is 23.2 Å². The van der Waals surface area contributed by atoms with E-state index in [1.54, 1.807) is 17.0 Å². The molecule has 3 aromatic rings. The Kier molecular flexibility index (Phi) is 10.3. The highest BCUT2D eigenvalue weighted by atomic mass is 35.5. The van der Waals surface area contributed by atoms with Gasteiger partial charge in [-0.2, -0.15) is 0 Å². The number of halogens is 2. The van der Waals surface area contributed by atoms with Crippen molar-refractivity contribution in [2.24, 2.45) is 0 Å². The molecule has 3 rings (SSSR count). The summed E-state index contributed by atoms with van der Waals surface area (Å²) in [6, 6.07) is 24.3. The first kappa shape index (κ1) is 26.1. The second-order valence-electron chi connectivity index (χ2n) is 7.84. The molecule has 0 saturated carbocycles. The Bertz CT molecular complexity index is 1080. The molecule has 4 nitrogen and oxygen atoms in total. The van der Waals surface area contributed by atoms with Gasteiger partial charge in [-0.05, 0) is 35.7 Å². The highest BCUT2D eigenvalue weighted by Gasteiger charge is 2.30. The van der Waals surface area contributed by atoms with Crippen LogP contribution in [0, 0.1) is 0 Å². The van der Waals surface area contributed by atoms with Crippen LogP contribution in [0.2, 0.25) is 10.0 Å². The van der Waals surface area contributed by atoms with Crippen molar-refractivity contribution in [2.45, 2.75) is 31.7 Å². The summed E-state index contributed by atoms with van der Waals surface area (Å²) in [7, 11) is 0. The number of likely N-dealkylation sites (N-methyl/N-ethyl adjacent to an activating group) is 1. The van der Waals surface area contributed by atoms with E-state index in [-0.39, 0.29) is 17.6 Å². The van der Waals surface area contributed by atoms with Crippen molar-refractivity contribution in [3.63, 3.8) is 0 Å². The zero-order chi connectivity index (χ0) is 24.3. The van der Waals surface area contributed by atoms with Crippen LogP contribution in [0.3, 0.4) is 0 Å². The van der Waals surface area contributed by atoms with Gasteiger partial charge in [-0.15, -0.1) is 11.8 Å². The fourth-order valence-corrected chi connectivity index (χ4v) is 5.06. The summed E-state index contributed by atoms with van der Waals surface area (Å²) in [6.07, 6.45) is 0.443. The van der Waals surface area contributed by atoms with Gasteiger partial charge in [0.1, 0.15) is 6.04 Å². The molecule has 1 atom stereocenters. The van der Waals surface area contributed by atoms with Gasteiger partial charge >= 0.3 is 0 Å². The van der Waals surface area contributed by atoms with Crippen LogP contribution in [0.4, 0.5) is 0 Å². The lowest BCUT2D eigenvalue weighted by atomic mass is 10.0. The first-order valence-electron chi connectivity index (χ1n) is 11.1. The van der Waals surface area contributed by atoms with E-state index < -0.39 is 6.04 Å². The second-order valence-corrected chi connectivity index (χ2v) is 9.67. The van der Waals surface area contributed by atoms with Crippen molar-refractivity contribution in [2.75, 3.05) is 12.3 Å². The lowest BCUT2D eigenvalue weighted by molar-refractivity contribution is -0.139. The molecule has 0 spiro atoms. The highest BCUT2D eigenvalue weighted by molar-refractivity contribution is 7.99. The number of benzene rings is 3. The lowest BCUT2D eigenvalue weighted by Crippen LogP contribution is -2.51. The van der Waals surface area contributed by atoms with Crippen molar-refractivity contribution in [1.82, 2.24) is 10.2 Å². The fraction of sp³-hybridized carbons (Fsp3) is 0.259. The van der Waals surface area contributed by atoms with Gasteiger partial charge in [-0.3, -0.25) is 9.59 Å². The van der Waals surface area contributed by atoms with Crippen molar-refractivity contribution in [3.05, 3.63) is 106 Å². The van der Waals surface area contributed by atoms with E-state index in [0.717, 1.165) is 16.7 Å². The number of carbonyl (C=O) groups excluding carboxylic acids is 2. The van der Waals surface area contributed by atoms with Crippen LogP contribution in [0.5, 0.6) is 0 Å². The normalized spacial score (nSPS) is 11.6. The summed E-state index contributed by atoms with van der Waals surface area (Å²) in [4.78, 5) is 28.3. The number of rotatable bonds is 11. The first-order valence-corrected chi connectivity index (χ1v) is 13.1. The Hall–Kier alpha value is -2.47. The van der Waals surface area contributed by atoms with Gasteiger partial charge in [0, 0.05) is 35.3 Å². The molecule has 34 heavy (non-hydrogen) atoms. The number of thioether (sulfide) groups is 1. The molecule has 0 aromatic heterocycles. The topological polar surface area (TPSA) is 49.4 Å². The fourth-order valence-electron chi connectivity index (χ4n) is 3.60. The molecule has 0 heterocycles. The molecule has 0 aliphatic carbocycles. The molecule has 7 heteroatoms. The standard InChI is InChI=1S/C27H28Cl2N2O2S/c1-2-30-27(33)25(15-20-9-5-3-6-10-20)31(17-21-11-7-4-8-12-21)26(32)19-34-18-22-13-14-23(28)16-24(22)29/h3-14,16,25H,2,15,17-19H2,1H3,(H,30,33)/t25-/m1/s1. The number of nitrogens with one attached hydrogen (secondary N) is 1. The molecule has 2 amide bonds. The van der Waals surface area contributed by atoms with Gasteiger partial charge in [-0.25, -0.2) is 0 Å². The average molecular weight is 516 g/mol. The second kappa shape index (κ2) is 13.4. The van der Waals surface area contributed by atoms with Crippen molar-refractivity contribution < 1.29 is 9.59 Å². The van der Waals surface area contributed by atoms with Gasteiger partial charge in [0.2, 0.25) is 11.8 Å². The van der Waals surface area contributed by atoms with E-state index >= 15 is 0 Å². The Labute approximate surface area is 215 Å². The lowest BCUT2D eigenvalue weighted by Gasteiger charge is -2.31. The molecule has 0 saturated heterocycles. The Balaban J connectivity index is 1.80. The van der Waals surface area contributed by atoms with E-state index in [1.165, 1.54) is 11.8 Å². The quantitative estimate of drug-likeness (QED) is 0.341. The van der Waals surface area contributed by atoms with Crippen LogP contribution in [0.15, 0.2) is 78.9 Å². The zero-order valence-electron chi connectivity index (χ0n) is 19.0. The number of nitrogens with zero attached hydrogens (tertiary/aromatic N) is 1. The Morgan fingerprint density at radius 2 is 1.59 bits per heavy atom. The van der Waals surface area contributed by atoms with Crippen molar-refractivity contribution in [3.8, 4) is 0 Å². The molecule has 0 unspecified atom stereocenters. The van der Waals surface area contributed by atoms with Crippen molar-refractivity contribution in [1.29, 1.82) is 0 Å². The summed E-state index contributed by atoms with van der Waals surface area (Å²) in [5.74, 6) is 0.564. The number of carbonyl (C=O) groups is 2. The van der Waals surface area contributed by atoms with Crippen molar-refractivity contribution >= 4 is 46.8 Å². The Morgan fingerprint density at radius 3 is 2.21 bits per heavy atom. The highest BCUT2D eigenvalue weighted by Crippen LogP contribution is 2.25. The van der Waals surface area contributed by atoms with Crippen LogP contribution in [0.25, 0.3) is 0 Å². The third kappa shape index (κ3) is 7.79. The summed E-state index contributed by atoms with van der Waals surface area (Å²) < 4.78 is 0. The monoisotopic (exact) mass is 514 g/mol. The largest absolute Gasteiger partial charge is 0.355 e. The predicted octanol–water partition coefficient (Wildman–Crippen LogP) is 6.00. The molecule has 3 aromatic carbocycles. The van der Waals surface area contributed by atoms with Gasteiger partial charge < -0.3 is 10.2 Å². The predicted molar refractivity (Wildman–Crippen MR) is 142 cm³/mol. The molecule has 0 bridgehead atoms. The molecule has 0 aliphatic heterocycles. The number of hydrogen-bond donors (Lipinski definition) is 1. The minimum atomic E-state index is -0.616. The maximum Gasteiger partial charge on any atom is 0.243 e. The molecule has 1 N–H and O–H groups in total. The minimum absolute atomic E-state index is 0.0916. The minimum Gasteiger partial charge on any atom is -0.355 e. The zero-order valence-corrected chi connectivity index (χ0v) is 21.4. The van der Waals surface area contributed by atoms with Gasteiger partial charge in [-0.1, -0.05) is 89.9 Å². The van der Waals surface area contributed by atoms with Crippen LogP contribution >= 0.6 is 35.0 Å². The third-order valence-corrected chi connectivity index (χ3v) is 6.87. The summed E-state index contributed by atoms with van der Waals surface area (Å²) >= 11 is 13.7. The molecular weight excluding hydrogens is 487 g/mol.